The Morgan fingerprint density at radius 3 is 2.43 bits per heavy atom. The van der Waals surface area contributed by atoms with Gasteiger partial charge in [0.05, 0.1) is 11.3 Å². The third-order valence-electron chi connectivity index (χ3n) is 5.33. The maximum atomic E-state index is 13.1. The Morgan fingerprint density at radius 2 is 1.80 bits per heavy atom. The van der Waals surface area contributed by atoms with Crippen LogP contribution in [0.2, 0.25) is 0 Å². The molecule has 9 heteroatoms. The van der Waals surface area contributed by atoms with Gasteiger partial charge in [-0.2, -0.15) is 0 Å². The lowest BCUT2D eigenvalue weighted by Crippen LogP contribution is -2.33. The van der Waals surface area contributed by atoms with Crippen LogP contribution in [0.5, 0.6) is 0 Å². The average Bonchev–Trinajstić information content (AvgIpc) is 3.17. The lowest BCUT2D eigenvalue weighted by molar-refractivity contribution is -0.129. The number of likely N-dealkylation sites (N-methyl/N-ethyl adjacent to an activating group) is 1. The summed E-state index contributed by atoms with van der Waals surface area (Å²) < 4.78 is 35.7. The molecule has 0 aliphatic carbocycles. The summed E-state index contributed by atoms with van der Waals surface area (Å²) in [7, 11) is -1.96. The molecule has 2 aromatic carbocycles. The fourth-order valence-corrected chi connectivity index (χ4v) is 4.05. The molecule has 0 spiro atoms. The molecule has 162 valence electrons. The van der Waals surface area contributed by atoms with Gasteiger partial charge in [-0.1, -0.05) is 24.3 Å². The first-order valence-corrected chi connectivity index (χ1v) is 11.4. The Bertz CT molecular complexity index is 965. The molecule has 0 aromatic heterocycles. The highest BCUT2D eigenvalue weighted by Gasteiger charge is 2.24. The van der Waals surface area contributed by atoms with Crippen molar-refractivity contribution in [1.82, 2.24) is 15.8 Å². The highest BCUT2D eigenvalue weighted by molar-refractivity contribution is 7.89. The van der Waals surface area contributed by atoms with Crippen molar-refractivity contribution in [2.75, 3.05) is 13.6 Å². The van der Waals surface area contributed by atoms with Crippen molar-refractivity contribution >= 4 is 15.9 Å². The molecule has 0 bridgehead atoms. The van der Waals surface area contributed by atoms with Crippen molar-refractivity contribution in [3.8, 4) is 0 Å². The predicted octanol–water partition coefficient (Wildman–Crippen LogP) is 1.86. The van der Waals surface area contributed by atoms with E-state index >= 15 is 0 Å². The summed E-state index contributed by atoms with van der Waals surface area (Å²) >= 11 is 0. The van der Waals surface area contributed by atoms with Crippen molar-refractivity contribution in [3.63, 3.8) is 0 Å². The summed E-state index contributed by atoms with van der Waals surface area (Å²) in [5.74, 6) is -0.269. The molecule has 0 saturated carbocycles. The van der Waals surface area contributed by atoms with Gasteiger partial charge < -0.3 is 4.90 Å². The molecule has 1 heterocycles. The van der Waals surface area contributed by atoms with Crippen LogP contribution in [0.3, 0.4) is 0 Å². The van der Waals surface area contributed by atoms with Gasteiger partial charge in [-0.25, -0.2) is 17.9 Å². The number of sulfonamides is 1. The molecule has 7 nitrogen and oxygen atoms in total. The van der Waals surface area contributed by atoms with Gasteiger partial charge >= 0.3 is 0 Å². The van der Waals surface area contributed by atoms with Gasteiger partial charge in [0.1, 0.15) is 5.82 Å². The number of rotatable bonds is 8. The van der Waals surface area contributed by atoms with Gasteiger partial charge in [-0.05, 0) is 54.7 Å². The fourth-order valence-electron chi connectivity index (χ4n) is 3.53. The van der Waals surface area contributed by atoms with E-state index in [1.54, 1.807) is 36.2 Å². The van der Waals surface area contributed by atoms with Crippen LogP contribution in [-0.4, -0.2) is 38.9 Å². The van der Waals surface area contributed by atoms with Crippen molar-refractivity contribution in [1.29, 1.82) is 0 Å². The SMILES string of the molecule is CN(CCCC1CC(c2ccc(F)cc2)NN1)C(=O)Cc1ccc(S(N)(=O)=O)cc1. The average molecular weight is 435 g/mol. The largest absolute Gasteiger partial charge is 0.345 e. The molecule has 2 aromatic rings. The third-order valence-corrected chi connectivity index (χ3v) is 6.26. The van der Waals surface area contributed by atoms with E-state index in [1.165, 1.54) is 24.3 Å². The van der Waals surface area contributed by atoms with E-state index in [-0.39, 0.29) is 35.1 Å². The van der Waals surface area contributed by atoms with Gasteiger partial charge in [-0.15, -0.1) is 0 Å². The fraction of sp³-hybridized carbons (Fsp3) is 0.381. The minimum absolute atomic E-state index is 0.0277. The molecule has 1 aliphatic heterocycles. The van der Waals surface area contributed by atoms with Gasteiger partial charge in [0.2, 0.25) is 15.9 Å². The Morgan fingerprint density at radius 1 is 1.13 bits per heavy atom. The monoisotopic (exact) mass is 434 g/mol. The van der Waals surface area contributed by atoms with Crippen LogP contribution in [0.25, 0.3) is 0 Å². The van der Waals surface area contributed by atoms with Gasteiger partial charge in [-0.3, -0.25) is 15.6 Å². The topological polar surface area (TPSA) is 105 Å². The molecule has 2 unspecified atom stereocenters. The predicted molar refractivity (Wildman–Crippen MR) is 112 cm³/mol. The molecule has 1 saturated heterocycles. The summed E-state index contributed by atoms with van der Waals surface area (Å²) in [4.78, 5) is 14.1. The third kappa shape index (κ3) is 6.09. The Hall–Kier alpha value is -2.33. The first kappa shape index (κ1) is 22.4. The normalized spacial score (nSPS) is 19.0. The summed E-state index contributed by atoms with van der Waals surface area (Å²) in [6.07, 6.45) is 2.87. The molecular formula is C21H27FN4O3S. The molecule has 1 aliphatic rings. The van der Waals surface area contributed by atoms with Crippen molar-refractivity contribution in [3.05, 3.63) is 65.5 Å². The smallest absolute Gasteiger partial charge is 0.238 e. The van der Waals surface area contributed by atoms with E-state index in [9.17, 15) is 17.6 Å². The van der Waals surface area contributed by atoms with Gasteiger partial charge in [0.25, 0.3) is 0 Å². The number of nitrogens with two attached hydrogens (primary N) is 1. The Kier molecular flexibility index (Phi) is 7.19. The lowest BCUT2D eigenvalue weighted by atomic mass is 9.99. The zero-order valence-corrected chi connectivity index (χ0v) is 17.7. The van der Waals surface area contributed by atoms with E-state index in [2.05, 4.69) is 10.9 Å². The summed E-state index contributed by atoms with van der Waals surface area (Å²) in [5, 5.41) is 5.08. The van der Waals surface area contributed by atoms with Crippen LogP contribution in [-0.2, 0) is 21.2 Å². The number of hydrogen-bond acceptors (Lipinski definition) is 5. The first-order valence-electron chi connectivity index (χ1n) is 9.84. The second kappa shape index (κ2) is 9.65. The minimum Gasteiger partial charge on any atom is -0.345 e. The molecule has 4 N–H and O–H groups in total. The quantitative estimate of drug-likeness (QED) is 0.588. The molecular weight excluding hydrogens is 407 g/mol. The number of halogens is 1. The number of carbonyl (C=O) groups is 1. The van der Waals surface area contributed by atoms with E-state index in [1.807, 2.05) is 0 Å². The minimum atomic E-state index is -3.73. The van der Waals surface area contributed by atoms with Crippen molar-refractivity contribution < 1.29 is 17.6 Å². The molecule has 0 radical (unpaired) electrons. The number of benzene rings is 2. The summed E-state index contributed by atoms with van der Waals surface area (Å²) in [6, 6.07) is 13.0. The number of primary sulfonamides is 1. The van der Waals surface area contributed by atoms with E-state index in [0.717, 1.165) is 30.4 Å². The summed E-state index contributed by atoms with van der Waals surface area (Å²) in [5.41, 5.74) is 8.31. The second-order valence-corrected chi connectivity index (χ2v) is 9.21. The lowest BCUT2D eigenvalue weighted by Gasteiger charge is -2.18. The molecule has 1 amide bonds. The highest BCUT2D eigenvalue weighted by atomic mass is 32.2. The van der Waals surface area contributed by atoms with Crippen molar-refractivity contribution in [2.45, 2.75) is 42.7 Å². The second-order valence-electron chi connectivity index (χ2n) is 7.65. The van der Waals surface area contributed by atoms with Crippen LogP contribution in [0.4, 0.5) is 4.39 Å². The summed E-state index contributed by atoms with van der Waals surface area (Å²) in [6.45, 7) is 0.632. The molecule has 30 heavy (non-hydrogen) atoms. The van der Waals surface area contributed by atoms with Crippen LogP contribution in [0, 0.1) is 5.82 Å². The Labute approximate surface area is 176 Å². The molecule has 2 atom stereocenters. The number of amides is 1. The number of nitrogens with zero attached hydrogens (tertiary/aromatic N) is 1. The maximum absolute atomic E-state index is 13.1. The van der Waals surface area contributed by atoms with Crippen LogP contribution in [0.1, 0.15) is 36.4 Å². The zero-order chi connectivity index (χ0) is 21.7. The first-order chi connectivity index (χ1) is 14.2. The van der Waals surface area contributed by atoms with E-state index < -0.39 is 10.0 Å². The number of nitrogens with one attached hydrogen (secondary N) is 2. The van der Waals surface area contributed by atoms with Gasteiger partial charge in [0.15, 0.2) is 0 Å². The van der Waals surface area contributed by atoms with E-state index in [0.29, 0.717) is 6.54 Å². The Balaban J connectivity index is 1.40. The molecule has 1 fully saturated rings. The number of hydrogen-bond donors (Lipinski definition) is 3. The molecule has 3 rings (SSSR count). The zero-order valence-electron chi connectivity index (χ0n) is 16.8. The van der Waals surface area contributed by atoms with Crippen LogP contribution >= 0.6 is 0 Å². The highest BCUT2D eigenvalue weighted by Crippen LogP contribution is 2.24. The number of carbonyl (C=O) groups excluding carboxylic acids is 1. The number of hydrazine groups is 1. The van der Waals surface area contributed by atoms with Crippen LogP contribution in [0.15, 0.2) is 53.4 Å². The van der Waals surface area contributed by atoms with Gasteiger partial charge in [0, 0.05) is 25.7 Å². The van der Waals surface area contributed by atoms with Crippen molar-refractivity contribution in [2.24, 2.45) is 5.14 Å². The van der Waals surface area contributed by atoms with Crippen LogP contribution < -0.4 is 16.0 Å². The maximum Gasteiger partial charge on any atom is 0.238 e. The standard InChI is InChI=1S/C21H27FN4O3S/c1-26(21(27)13-15-4-10-19(11-5-15)30(23,28)29)12-2-3-18-14-20(25-24-18)16-6-8-17(22)9-7-16/h4-11,18,20,24-25H,2-3,12-14H2,1H3,(H2,23,28,29). The van der Waals surface area contributed by atoms with E-state index in [4.69, 9.17) is 5.14 Å².